The first-order valence-electron chi connectivity index (χ1n) is 5.46. The third kappa shape index (κ3) is 2.25. The summed E-state index contributed by atoms with van der Waals surface area (Å²) in [4.78, 5) is 23.6. The van der Waals surface area contributed by atoms with Crippen molar-refractivity contribution >= 4 is 5.78 Å². The lowest BCUT2D eigenvalue weighted by molar-refractivity contribution is 0.105. The number of rotatable bonds is 1. The van der Waals surface area contributed by atoms with Crippen molar-refractivity contribution in [1.82, 2.24) is 9.78 Å². The molecule has 1 aromatic heterocycles. The summed E-state index contributed by atoms with van der Waals surface area (Å²) in [6.07, 6.45) is 0. The molecule has 4 nitrogen and oxygen atoms in total. The van der Waals surface area contributed by atoms with E-state index in [2.05, 4.69) is 16.9 Å². The predicted octanol–water partition coefficient (Wildman–Crippen LogP) is 1.26. The Morgan fingerprint density at radius 1 is 1.28 bits per heavy atom. The summed E-state index contributed by atoms with van der Waals surface area (Å²) in [7, 11) is 1.57. The molecule has 1 heterocycles. The third-order valence-electron chi connectivity index (χ3n) is 2.55. The summed E-state index contributed by atoms with van der Waals surface area (Å²) < 4.78 is 1.27. The maximum absolute atomic E-state index is 11.9. The van der Waals surface area contributed by atoms with Crippen LogP contribution in [0.25, 0.3) is 0 Å². The number of aromatic amines is 1. The third-order valence-corrected chi connectivity index (χ3v) is 2.55. The SMILES string of the molecule is Cc1[nH]n(C)c(=O)c1C(=O)C#Cc1ccccc1. The maximum Gasteiger partial charge on any atom is 0.278 e. The van der Waals surface area contributed by atoms with Crippen molar-refractivity contribution in [2.45, 2.75) is 6.92 Å². The second-order valence-electron chi connectivity index (χ2n) is 3.92. The summed E-state index contributed by atoms with van der Waals surface area (Å²) in [5, 5.41) is 2.77. The number of ketones is 1. The molecule has 0 aliphatic rings. The van der Waals surface area contributed by atoms with Crippen molar-refractivity contribution in [3.05, 3.63) is 57.5 Å². The average Bonchev–Trinajstić information content (AvgIpc) is 2.62. The fourth-order valence-corrected chi connectivity index (χ4v) is 1.67. The number of Topliss-reactive ketones (excluding diaryl/α,β-unsaturated/α-hetero) is 1. The van der Waals surface area contributed by atoms with Crippen LogP contribution in [0.4, 0.5) is 0 Å². The number of benzene rings is 1. The van der Waals surface area contributed by atoms with Gasteiger partial charge in [-0.1, -0.05) is 24.1 Å². The molecular formula is C14H12N2O2. The van der Waals surface area contributed by atoms with E-state index in [-0.39, 0.29) is 11.1 Å². The molecule has 0 bridgehead atoms. The predicted molar refractivity (Wildman–Crippen MR) is 68.4 cm³/mol. The van der Waals surface area contributed by atoms with Crippen molar-refractivity contribution in [3.63, 3.8) is 0 Å². The Morgan fingerprint density at radius 3 is 2.50 bits per heavy atom. The second-order valence-corrected chi connectivity index (χ2v) is 3.92. The lowest BCUT2D eigenvalue weighted by Gasteiger charge is -1.88. The lowest BCUT2D eigenvalue weighted by atomic mass is 10.1. The summed E-state index contributed by atoms with van der Waals surface area (Å²) in [5.74, 6) is 4.77. The molecule has 0 saturated heterocycles. The van der Waals surface area contributed by atoms with Gasteiger partial charge in [0.1, 0.15) is 5.56 Å². The van der Waals surface area contributed by atoms with Gasteiger partial charge in [-0.2, -0.15) is 0 Å². The molecule has 0 atom stereocenters. The van der Waals surface area contributed by atoms with Crippen LogP contribution >= 0.6 is 0 Å². The lowest BCUT2D eigenvalue weighted by Crippen LogP contribution is -2.18. The Morgan fingerprint density at radius 2 is 1.94 bits per heavy atom. The van der Waals surface area contributed by atoms with Crippen molar-refractivity contribution in [2.75, 3.05) is 0 Å². The van der Waals surface area contributed by atoms with Gasteiger partial charge in [-0.25, -0.2) is 0 Å². The van der Waals surface area contributed by atoms with Gasteiger partial charge in [0, 0.05) is 18.3 Å². The number of H-pyrrole nitrogens is 1. The molecule has 0 amide bonds. The highest BCUT2D eigenvalue weighted by Gasteiger charge is 2.15. The second kappa shape index (κ2) is 4.76. The minimum Gasteiger partial charge on any atom is -0.299 e. The van der Waals surface area contributed by atoms with Crippen molar-refractivity contribution < 1.29 is 4.79 Å². The largest absolute Gasteiger partial charge is 0.299 e. The highest BCUT2D eigenvalue weighted by molar-refractivity contribution is 6.09. The van der Waals surface area contributed by atoms with Gasteiger partial charge < -0.3 is 0 Å². The van der Waals surface area contributed by atoms with E-state index in [1.165, 1.54) is 4.68 Å². The smallest absolute Gasteiger partial charge is 0.278 e. The van der Waals surface area contributed by atoms with Gasteiger partial charge >= 0.3 is 0 Å². The molecule has 1 aromatic carbocycles. The molecule has 0 spiro atoms. The van der Waals surface area contributed by atoms with Gasteiger partial charge in [0.05, 0.1) is 0 Å². The minimum atomic E-state index is -0.460. The van der Waals surface area contributed by atoms with Crippen LogP contribution in [0, 0.1) is 18.8 Å². The first-order chi connectivity index (χ1) is 8.59. The highest BCUT2D eigenvalue weighted by Crippen LogP contribution is 2.00. The van der Waals surface area contributed by atoms with Crippen LogP contribution in [0.3, 0.4) is 0 Å². The monoisotopic (exact) mass is 240 g/mol. The van der Waals surface area contributed by atoms with E-state index in [1.54, 1.807) is 14.0 Å². The molecule has 2 aromatic rings. The average molecular weight is 240 g/mol. The van der Waals surface area contributed by atoms with E-state index in [4.69, 9.17) is 0 Å². The summed E-state index contributed by atoms with van der Waals surface area (Å²) in [6.45, 7) is 1.68. The number of hydrogen-bond acceptors (Lipinski definition) is 2. The minimum absolute atomic E-state index is 0.112. The molecule has 0 radical (unpaired) electrons. The fraction of sp³-hybridized carbons (Fsp3) is 0.143. The van der Waals surface area contributed by atoms with Crippen LogP contribution < -0.4 is 5.56 Å². The van der Waals surface area contributed by atoms with E-state index < -0.39 is 5.78 Å². The number of carbonyl (C=O) groups is 1. The maximum atomic E-state index is 11.9. The van der Waals surface area contributed by atoms with Crippen molar-refractivity contribution in [1.29, 1.82) is 0 Å². The molecule has 18 heavy (non-hydrogen) atoms. The van der Waals surface area contributed by atoms with Crippen LogP contribution in [0.2, 0.25) is 0 Å². The number of nitrogens with one attached hydrogen (secondary N) is 1. The first kappa shape index (κ1) is 11.9. The molecule has 1 N–H and O–H groups in total. The zero-order valence-corrected chi connectivity index (χ0v) is 10.2. The Labute approximate surface area is 104 Å². The van der Waals surface area contributed by atoms with E-state index >= 15 is 0 Å². The van der Waals surface area contributed by atoms with Crippen LogP contribution in [0.5, 0.6) is 0 Å². The van der Waals surface area contributed by atoms with Gasteiger partial charge in [-0.3, -0.25) is 19.4 Å². The zero-order valence-electron chi connectivity index (χ0n) is 10.2. The number of hydrogen-bond donors (Lipinski definition) is 1. The van der Waals surface area contributed by atoms with E-state index in [9.17, 15) is 9.59 Å². The van der Waals surface area contributed by atoms with Gasteiger partial charge in [0.2, 0.25) is 5.78 Å². The molecule has 0 saturated carbocycles. The zero-order chi connectivity index (χ0) is 13.1. The Bertz CT molecular complexity index is 697. The summed E-state index contributed by atoms with van der Waals surface area (Å²) >= 11 is 0. The van der Waals surface area contributed by atoms with Gasteiger partial charge in [0.25, 0.3) is 5.56 Å². The van der Waals surface area contributed by atoms with Crippen LogP contribution in [0.1, 0.15) is 21.6 Å². The topological polar surface area (TPSA) is 54.9 Å². The van der Waals surface area contributed by atoms with E-state index in [0.717, 1.165) is 5.56 Å². The molecule has 0 aliphatic heterocycles. The van der Waals surface area contributed by atoms with Gasteiger partial charge in [-0.15, -0.1) is 0 Å². The number of nitrogens with zero attached hydrogens (tertiary/aromatic N) is 1. The summed E-state index contributed by atoms with van der Waals surface area (Å²) in [5.41, 5.74) is 1.05. The van der Waals surface area contributed by atoms with E-state index in [1.807, 2.05) is 30.3 Å². The van der Waals surface area contributed by atoms with Crippen molar-refractivity contribution in [2.24, 2.45) is 7.05 Å². The number of carbonyl (C=O) groups excluding carboxylic acids is 1. The van der Waals surface area contributed by atoms with Gasteiger partial charge in [-0.05, 0) is 25.0 Å². The van der Waals surface area contributed by atoms with Crippen LogP contribution in [0.15, 0.2) is 35.1 Å². The molecule has 0 aliphatic carbocycles. The molecule has 4 heteroatoms. The quantitative estimate of drug-likeness (QED) is 0.602. The first-order valence-corrected chi connectivity index (χ1v) is 5.46. The molecule has 0 unspecified atom stereocenters. The molecule has 2 rings (SSSR count). The Balaban J connectivity index is 2.35. The fourth-order valence-electron chi connectivity index (χ4n) is 1.67. The molecule has 90 valence electrons. The van der Waals surface area contributed by atoms with Crippen LogP contribution in [-0.2, 0) is 7.05 Å². The Hall–Kier alpha value is -2.54. The molecule has 0 fully saturated rings. The van der Waals surface area contributed by atoms with E-state index in [0.29, 0.717) is 5.69 Å². The molecular weight excluding hydrogens is 228 g/mol. The standard InChI is InChI=1S/C14H12N2O2/c1-10-13(14(18)16(2)15-10)12(17)9-8-11-6-4-3-5-7-11/h3-7,15H,1-2H3. The number of aromatic nitrogens is 2. The van der Waals surface area contributed by atoms with Crippen molar-refractivity contribution in [3.8, 4) is 11.8 Å². The normalized spacial score (nSPS) is 9.67. The Kier molecular flexibility index (Phi) is 3.16. The van der Waals surface area contributed by atoms with Crippen LogP contribution in [-0.4, -0.2) is 15.6 Å². The number of aryl methyl sites for hydroxylation is 2. The highest BCUT2D eigenvalue weighted by atomic mass is 16.2. The van der Waals surface area contributed by atoms with Gasteiger partial charge in [0.15, 0.2) is 0 Å². The summed E-state index contributed by atoms with van der Waals surface area (Å²) in [6, 6.07) is 9.17.